The van der Waals surface area contributed by atoms with Crippen LogP contribution in [0, 0.1) is 0 Å². The Bertz CT molecular complexity index is 1470. The van der Waals surface area contributed by atoms with E-state index >= 15 is 8.78 Å². The first-order valence-corrected chi connectivity index (χ1v) is 16.0. The molecule has 235 valence electrons. The van der Waals surface area contributed by atoms with Crippen molar-refractivity contribution in [3.63, 3.8) is 0 Å². The highest BCUT2D eigenvalue weighted by Gasteiger charge is 2.46. The molecule has 44 heavy (non-hydrogen) atoms. The number of sulfonamides is 1. The van der Waals surface area contributed by atoms with Crippen molar-refractivity contribution in [1.82, 2.24) is 19.3 Å². The molecule has 5 rings (SSSR count). The van der Waals surface area contributed by atoms with E-state index in [0.29, 0.717) is 25.0 Å². The largest absolute Gasteiger partial charge is 0.437 e. The average molecular weight is 652 g/mol. The van der Waals surface area contributed by atoms with Crippen molar-refractivity contribution in [3.8, 4) is 0 Å². The summed E-state index contributed by atoms with van der Waals surface area (Å²) in [7, 11) is -3.52. The number of hydrogen-bond donors (Lipinski definition) is 2. The molecule has 0 unspecified atom stereocenters. The average Bonchev–Trinajstić information content (AvgIpc) is 3.39. The van der Waals surface area contributed by atoms with E-state index in [2.05, 4.69) is 10.2 Å². The van der Waals surface area contributed by atoms with E-state index < -0.39 is 29.1 Å². The predicted molar refractivity (Wildman–Crippen MR) is 162 cm³/mol. The Morgan fingerprint density at radius 3 is 2.52 bits per heavy atom. The molecule has 4 heterocycles. The number of carbonyl (C=O) groups is 2. The summed E-state index contributed by atoms with van der Waals surface area (Å²) in [6, 6.07) is 8.15. The number of pyridine rings is 1. The van der Waals surface area contributed by atoms with Crippen LogP contribution in [0.3, 0.4) is 0 Å². The summed E-state index contributed by atoms with van der Waals surface area (Å²) in [6.07, 6.45) is -0.673. The van der Waals surface area contributed by atoms with Crippen LogP contribution in [0.25, 0.3) is 0 Å². The van der Waals surface area contributed by atoms with Crippen LogP contribution in [0.2, 0.25) is 12.0 Å². The van der Waals surface area contributed by atoms with Gasteiger partial charge in [-0.15, -0.1) is 0 Å². The van der Waals surface area contributed by atoms with Crippen molar-refractivity contribution in [3.05, 3.63) is 47.1 Å². The smallest absolute Gasteiger partial charge is 0.376 e. The van der Waals surface area contributed by atoms with Crippen molar-refractivity contribution < 1.29 is 36.5 Å². The van der Waals surface area contributed by atoms with Gasteiger partial charge in [-0.25, -0.2) is 13.4 Å². The van der Waals surface area contributed by atoms with E-state index in [9.17, 15) is 23.0 Å². The Morgan fingerprint density at radius 2 is 1.86 bits per heavy atom. The Labute approximate surface area is 260 Å². The fourth-order valence-corrected chi connectivity index (χ4v) is 7.23. The summed E-state index contributed by atoms with van der Waals surface area (Å²) in [5.74, 6) is -3.36. The van der Waals surface area contributed by atoms with Crippen LogP contribution in [-0.2, 0) is 30.3 Å². The lowest BCUT2D eigenvalue weighted by molar-refractivity contribution is -0.164. The van der Waals surface area contributed by atoms with Crippen LogP contribution < -0.4 is 15.0 Å². The molecule has 1 radical (unpaired) electrons. The van der Waals surface area contributed by atoms with E-state index in [1.54, 1.807) is 17.0 Å². The predicted octanol–water partition coefficient (Wildman–Crippen LogP) is 0.653. The molecule has 2 N–H and O–H groups in total. The van der Waals surface area contributed by atoms with Crippen molar-refractivity contribution in [2.24, 2.45) is 0 Å². The van der Waals surface area contributed by atoms with Gasteiger partial charge in [0.05, 0.1) is 17.7 Å². The van der Waals surface area contributed by atoms with Gasteiger partial charge >= 0.3 is 7.05 Å². The molecule has 1 aromatic carbocycles. The van der Waals surface area contributed by atoms with Crippen molar-refractivity contribution in [2.75, 3.05) is 62.2 Å². The molecule has 12 nitrogen and oxygen atoms in total. The number of amides is 1. The molecule has 1 aromatic heterocycles. The molecule has 0 aliphatic carbocycles. The van der Waals surface area contributed by atoms with Gasteiger partial charge in [-0.05, 0) is 43.2 Å². The second kappa shape index (κ2) is 13.4. The maximum Gasteiger partial charge on any atom is 0.376 e. The third-order valence-corrected chi connectivity index (χ3v) is 10.2. The van der Waals surface area contributed by atoms with Gasteiger partial charge in [0.15, 0.2) is 0 Å². The number of benzene rings is 1. The quantitative estimate of drug-likeness (QED) is 0.214. The number of piperazine rings is 1. The minimum Gasteiger partial charge on any atom is -0.437 e. The maximum absolute atomic E-state index is 15.6. The normalized spacial score (nSPS) is 22.3. The second-order valence-corrected chi connectivity index (χ2v) is 13.2. The lowest BCUT2D eigenvalue weighted by Crippen LogP contribution is -2.53. The zero-order valence-electron chi connectivity index (χ0n) is 24.0. The molecule has 1 amide bonds. The lowest BCUT2D eigenvalue weighted by atomic mass is 9.83. The van der Waals surface area contributed by atoms with Crippen LogP contribution >= 0.6 is 11.6 Å². The number of nitrogens with zero attached hydrogens (tertiary/aromatic N) is 5. The van der Waals surface area contributed by atoms with Crippen LogP contribution in [0.1, 0.15) is 12.0 Å². The molecule has 3 fully saturated rings. The van der Waals surface area contributed by atoms with Gasteiger partial charge in [0, 0.05) is 69.5 Å². The van der Waals surface area contributed by atoms with Crippen LogP contribution in [0.4, 0.5) is 20.3 Å². The molecular formula is C26H32B2ClF2N6O6S. The van der Waals surface area contributed by atoms with E-state index in [4.69, 9.17) is 16.3 Å². The van der Waals surface area contributed by atoms with E-state index in [1.807, 2.05) is 0 Å². The Balaban J connectivity index is 1.23. The van der Waals surface area contributed by atoms with Crippen molar-refractivity contribution >= 4 is 59.7 Å². The molecule has 0 bridgehead atoms. The van der Waals surface area contributed by atoms with E-state index in [-0.39, 0.29) is 79.1 Å². The highest BCUT2D eigenvalue weighted by Crippen LogP contribution is 2.38. The SMILES string of the molecule is CB(O)N1CCO[C@H](C(F)(F)c2cc(Cl)nc(N3CCN(S(=O)(=O)c4ccc(N5C[C@H](N[B]C=O)CC5=O)cc4)CC3)c2)C1. The van der Waals surface area contributed by atoms with Crippen molar-refractivity contribution in [1.29, 1.82) is 0 Å². The fourth-order valence-electron chi connectivity index (χ4n) is 5.60. The molecule has 3 aliphatic heterocycles. The number of morpholine rings is 1. The monoisotopic (exact) mass is 651 g/mol. The number of alkyl halides is 2. The zero-order chi connectivity index (χ0) is 31.6. The Hall–Kier alpha value is -2.66. The summed E-state index contributed by atoms with van der Waals surface area (Å²) < 4.78 is 64.6. The summed E-state index contributed by atoms with van der Waals surface area (Å²) in [4.78, 5) is 32.0. The molecule has 3 saturated heterocycles. The van der Waals surface area contributed by atoms with Crippen LogP contribution in [0.15, 0.2) is 41.3 Å². The summed E-state index contributed by atoms with van der Waals surface area (Å²) in [5, 5.41) is 12.6. The first kappa shape index (κ1) is 32.7. The van der Waals surface area contributed by atoms with Crippen LogP contribution in [-0.4, -0.2) is 119 Å². The zero-order valence-corrected chi connectivity index (χ0v) is 25.6. The van der Waals surface area contributed by atoms with E-state index in [1.165, 1.54) is 46.5 Å². The third-order valence-electron chi connectivity index (χ3n) is 8.07. The standard InChI is InChI=1S/C26H32B2ClF2N6O6S/c1-28(40)35-10-11-43-22(16-35)26(30,31)18-12-23(29)32-24(13-18)34-6-8-36(9-7-34)44(41,42)21-4-2-20(3-5-21)37-15-19(14-25(37)39)33-27-17-38/h2-5,12-13,17,19,22,33,40H,6-11,14-16H2,1H3/t19-,22+/m1/s1. The molecule has 2 atom stereocenters. The van der Waals surface area contributed by atoms with Crippen molar-refractivity contribution in [2.45, 2.75) is 36.2 Å². The molecule has 18 heteroatoms. The number of halogens is 3. The second-order valence-electron chi connectivity index (χ2n) is 10.9. The number of aromatic nitrogens is 1. The number of rotatable bonds is 10. The van der Waals surface area contributed by atoms with E-state index in [0.717, 1.165) is 6.07 Å². The number of ether oxygens (including phenoxy) is 1. The number of hydrogen-bond acceptors (Lipinski definition) is 10. The molecule has 3 aliphatic rings. The number of anilines is 2. The Morgan fingerprint density at radius 1 is 1.16 bits per heavy atom. The maximum atomic E-state index is 15.6. The fraction of sp³-hybridized carbons (Fsp3) is 0.500. The summed E-state index contributed by atoms with van der Waals surface area (Å²) >= 11 is 6.16. The molecule has 2 aromatic rings. The number of nitrogens with one attached hydrogen (secondary N) is 1. The van der Waals surface area contributed by atoms with Crippen LogP contribution in [0.5, 0.6) is 0 Å². The topological polar surface area (TPSA) is 136 Å². The summed E-state index contributed by atoms with van der Waals surface area (Å²) in [6.45, 7) is 2.64. The van der Waals surface area contributed by atoms with Gasteiger partial charge in [-0.2, -0.15) is 13.1 Å². The van der Waals surface area contributed by atoms with Gasteiger partial charge in [0.25, 0.3) is 13.3 Å². The minimum atomic E-state index is -3.87. The molecular weight excluding hydrogens is 619 g/mol. The Kier molecular flexibility index (Phi) is 9.94. The lowest BCUT2D eigenvalue weighted by Gasteiger charge is -2.38. The third kappa shape index (κ3) is 6.93. The van der Waals surface area contributed by atoms with Gasteiger partial charge in [0.1, 0.15) is 17.1 Å². The first-order chi connectivity index (χ1) is 20.9. The number of carbonyl (C=O) groups excluding carboxylic acids is 2. The summed E-state index contributed by atoms with van der Waals surface area (Å²) in [5.41, 5.74) is 0.173. The molecule has 0 spiro atoms. The van der Waals surface area contributed by atoms with Gasteiger partial charge < -0.3 is 34.4 Å². The van der Waals surface area contributed by atoms with Gasteiger partial charge in [0.2, 0.25) is 15.9 Å². The minimum absolute atomic E-state index is 0.0473. The van der Waals surface area contributed by atoms with Gasteiger partial charge in [-0.1, -0.05) is 11.6 Å². The first-order valence-electron chi connectivity index (χ1n) is 14.2. The highest BCUT2D eigenvalue weighted by atomic mass is 35.5. The van der Waals surface area contributed by atoms with Gasteiger partial charge in [-0.3, -0.25) is 4.79 Å². The highest BCUT2D eigenvalue weighted by molar-refractivity contribution is 7.89. The molecule has 0 saturated carbocycles.